The summed E-state index contributed by atoms with van der Waals surface area (Å²) < 4.78 is 19.2. The fourth-order valence-corrected chi connectivity index (χ4v) is 4.08. The summed E-state index contributed by atoms with van der Waals surface area (Å²) in [6.07, 6.45) is 1.20. The van der Waals surface area contributed by atoms with E-state index in [4.69, 9.17) is 14.7 Å². The molecule has 1 amide bonds. The Balaban J connectivity index is 2.15. The van der Waals surface area contributed by atoms with Crippen molar-refractivity contribution < 1.29 is 13.9 Å². The number of fused-ring (bicyclic) bond motifs is 1. The van der Waals surface area contributed by atoms with Crippen LogP contribution in [0.25, 0.3) is 11.3 Å². The molecule has 0 radical (unpaired) electrons. The van der Waals surface area contributed by atoms with E-state index in [2.05, 4.69) is 13.8 Å². The van der Waals surface area contributed by atoms with Crippen LogP contribution in [0, 0.1) is 18.7 Å². The highest BCUT2D eigenvalue weighted by atomic mass is 19.1. The Hall–Kier alpha value is -2.50. The van der Waals surface area contributed by atoms with Crippen LogP contribution < -0.4 is 0 Å². The van der Waals surface area contributed by atoms with Crippen molar-refractivity contribution in [3.63, 3.8) is 0 Å². The van der Waals surface area contributed by atoms with Gasteiger partial charge in [0.25, 0.3) is 0 Å². The minimum atomic E-state index is -0.571. The van der Waals surface area contributed by atoms with Gasteiger partial charge in [0.2, 0.25) is 0 Å². The van der Waals surface area contributed by atoms with Crippen molar-refractivity contribution in [1.29, 1.82) is 0 Å². The van der Waals surface area contributed by atoms with Crippen molar-refractivity contribution in [2.24, 2.45) is 5.92 Å². The highest BCUT2D eigenvalue weighted by Crippen LogP contribution is 2.41. The van der Waals surface area contributed by atoms with Crippen LogP contribution in [-0.2, 0) is 11.2 Å². The fourth-order valence-electron chi connectivity index (χ4n) is 4.08. The summed E-state index contributed by atoms with van der Waals surface area (Å²) in [6.45, 7) is 13.8. The zero-order valence-corrected chi connectivity index (χ0v) is 19.0. The molecule has 0 bridgehead atoms. The van der Waals surface area contributed by atoms with Gasteiger partial charge in [-0.1, -0.05) is 20.3 Å². The van der Waals surface area contributed by atoms with E-state index in [-0.39, 0.29) is 29.9 Å². The summed E-state index contributed by atoms with van der Waals surface area (Å²) in [5.74, 6) is 0.551. The lowest BCUT2D eigenvalue weighted by atomic mass is 9.83. The van der Waals surface area contributed by atoms with Crippen LogP contribution in [0.3, 0.4) is 0 Å². The van der Waals surface area contributed by atoms with Crippen LogP contribution in [-0.4, -0.2) is 32.6 Å². The van der Waals surface area contributed by atoms with E-state index >= 15 is 0 Å². The van der Waals surface area contributed by atoms with Gasteiger partial charge in [-0.15, -0.1) is 0 Å². The maximum Gasteiger partial charge on any atom is 0.411 e. The van der Waals surface area contributed by atoms with Gasteiger partial charge in [-0.3, -0.25) is 4.90 Å². The van der Waals surface area contributed by atoms with Gasteiger partial charge in [-0.2, -0.15) is 0 Å². The van der Waals surface area contributed by atoms with Crippen LogP contribution in [0.15, 0.2) is 24.3 Å². The summed E-state index contributed by atoms with van der Waals surface area (Å²) in [5.41, 5.74) is 3.02. The number of carbonyl (C=O) groups excluding carboxylic acids is 1. The number of benzene rings is 1. The molecule has 3 atom stereocenters. The molecule has 0 N–H and O–H groups in total. The topological polar surface area (TPSA) is 55.3 Å². The van der Waals surface area contributed by atoms with Gasteiger partial charge in [-0.05, 0) is 71.2 Å². The average Bonchev–Trinajstić information content (AvgIpc) is 2.65. The lowest BCUT2D eigenvalue weighted by molar-refractivity contribution is -0.00522. The number of carbonyl (C=O) groups is 1. The Kier molecular flexibility index (Phi) is 6.16. The number of hydrogen-bond acceptors (Lipinski definition) is 4. The lowest BCUT2D eigenvalue weighted by Gasteiger charge is -2.44. The first kappa shape index (κ1) is 22.2. The standard InChI is InChI=1S/C24H32FN3O2/c1-8-14(2)22-21-19(13-15(3)28(22)23(29)30-24(5,6)7)20(26-16(4)27-21)17-9-11-18(25)12-10-17/h9-12,14-15,22H,8,13H2,1-7H3/t14?,15-,22+/m1/s1. The van der Waals surface area contributed by atoms with Crippen LogP contribution in [0.4, 0.5) is 9.18 Å². The number of amides is 1. The fraction of sp³-hybridized carbons (Fsp3) is 0.542. The zero-order valence-electron chi connectivity index (χ0n) is 19.0. The largest absolute Gasteiger partial charge is 0.444 e. The number of nitrogens with zero attached hydrogens (tertiary/aromatic N) is 3. The van der Waals surface area contributed by atoms with Gasteiger partial charge >= 0.3 is 6.09 Å². The number of hydrogen-bond donors (Lipinski definition) is 0. The molecule has 1 aromatic carbocycles. The summed E-state index contributed by atoms with van der Waals surface area (Å²) >= 11 is 0. The molecule has 1 aliphatic rings. The van der Waals surface area contributed by atoms with Gasteiger partial charge in [0.05, 0.1) is 17.4 Å². The molecule has 5 nitrogen and oxygen atoms in total. The summed E-state index contributed by atoms with van der Waals surface area (Å²) in [6, 6.07) is 6.12. The number of halogens is 1. The Morgan fingerprint density at radius 1 is 1.27 bits per heavy atom. The molecular formula is C24H32FN3O2. The van der Waals surface area contributed by atoms with E-state index in [0.29, 0.717) is 12.2 Å². The minimum absolute atomic E-state index is 0.0724. The number of aromatic nitrogens is 2. The second-order valence-electron chi connectivity index (χ2n) is 9.26. The van der Waals surface area contributed by atoms with Crippen LogP contribution in [0.5, 0.6) is 0 Å². The molecule has 0 fully saturated rings. The molecule has 6 heteroatoms. The smallest absolute Gasteiger partial charge is 0.411 e. The summed E-state index contributed by atoms with van der Waals surface area (Å²) in [5, 5.41) is 0. The van der Waals surface area contributed by atoms with Gasteiger partial charge in [0, 0.05) is 17.2 Å². The normalized spacial score (nSPS) is 19.9. The number of rotatable bonds is 3. The van der Waals surface area contributed by atoms with E-state index < -0.39 is 5.60 Å². The zero-order chi connectivity index (χ0) is 22.2. The third-order valence-electron chi connectivity index (χ3n) is 5.61. The van der Waals surface area contributed by atoms with Crippen molar-refractivity contribution in [2.75, 3.05) is 0 Å². The molecule has 1 aromatic heterocycles. The SMILES string of the molecule is CCC(C)[C@H]1c2nc(C)nc(-c3ccc(F)cc3)c2C[C@@H](C)N1C(=O)OC(C)(C)C. The monoisotopic (exact) mass is 413 g/mol. The predicted molar refractivity (Wildman–Crippen MR) is 116 cm³/mol. The van der Waals surface area contributed by atoms with Crippen LogP contribution >= 0.6 is 0 Å². The van der Waals surface area contributed by atoms with Crippen molar-refractivity contribution in [3.05, 3.63) is 47.2 Å². The first-order valence-electron chi connectivity index (χ1n) is 10.7. The molecule has 0 saturated carbocycles. The Morgan fingerprint density at radius 3 is 2.47 bits per heavy atom. The summed E-state index contributed by atoms with van der Waals surface area (Å²) in [4.78, 5) is 24.5. The highest BCUT2D eigenvalue weighted by molar-refractivity contribution is 5.71. The van der Waals surface area contributed by atoms with Crippen molar-refractivity contribution in [3.8, 4) is 11.3 Å². The Bertz CT molecular complexity index is 921. The van der Waals surface area contributed by atoms with Crippen molar-refractivity contribution in [1.82, 2.24) is 14.9 Å². The molecule has 2 heterocycles. The minimum Gasteiger partial charge on any atom is -0.444 e. The second-order valence-corrected chi connectivity index (χ2v) is 9.26. The van der Waals surface area contributed by atoms with E-state index in [0.717, 1.165) is 28.9 Å². The van der Waals surface area contributed by atoms with Crippen LogP contribution in [0.2, 0.25) is 0 Å². The van der Waals surface area contributed by atoms with Gasteiger partial charge in [0.1, 0.15) is 17.2 Å². The molecule has 2 aromatic rings. The number of ether oxygens (including phenoxy) is 1. The van der Waals surface area contributed by atoms with E-state index in [1.54, 1.807) is 12.1 Å². The second kappa shape index (κ2) is 8.32. The molecule has 30 heavy (non-hydrogen) atoms. The molecule has 3 rings (SSSR count). The summed E-state index contributed by atoms with van der Waals surface area (Å²) in [7, 11) is 0. The van der Waals surface area contributed by atoms with E-state index in [1.807, 2.05) is 39.5 Å². The molecule has 0 spiro atoms. The predicted octanol–water partition coefficient (Wildman–Crippen LogP) is 5.86. The third kappa shape index (κ3) is 4.47. The first-order valence-corrected chi connectivity index (χ1v) is 10.7. The van der Waals surface area contributed by atoms with Gasteiger partial charge in [-0.25, -0.2) is 19.2 Å². The lowest BCUT2D eigenvalue weighted by Crippen LogP contribution is -2.50. The number of aryl methyl sites for hydroxylation is 1. The van der Waals surface area contributed by atoms with E-state index in [9.17, 15) is 9.18 Å². The Labute approximate surface area is 178 Å². The molecule has 1 aliphatic heterocycles. The quantitative estimate of drug-likeness (QED) is 0.632. The highest BCUT2D eigenvalue weighted by Gasteiger charge is 2.42. The molecule has 162 valence electrons. The Morgan fingerprint density at radius 2 is 1.90 bits per heavy atom. The average molecular weight is 414 g/mol. The van der Waals surface area contributed by atoms with Gasteiger partial charge in [0.15, 0.2) is 0 Å². The van der Waals surface area contributed by atoms with Crippen molar-refractivity contribution >= 4 is 6.09 Å². The first-order chi connectivity index (χ1) is 14.0. The maximum absolute atomic E-state index is 13.5. The molecular weight excluding hydrogens is 381 g/mol. The molecule has 0 aliphatic carbocycles. The van der Waals surface area contributed by atoms with Crippen molar-refractivity contribution in [2.45, 2.75) is 79.0 Å². The van der Waals surface area contributed by atoms with Gasteiger partial charge < -0.3 is 4.74 Å². The molecule has 0 saturated heterocycles. The maximum atomic E-state index is 13.5. The van der Waals surface area contributed by atoms with E-state index in [1.165, 1.54) is 12.1 Å². The van der Waals surface area contributed by atoms with Crippen LogP contribution in [0.1, 0.15) is 71.1 Å². The molecule has 1 unspecified atom stereocenters. The third-order valence-corrected chi connectivity index (χ3v) is 5.61.